The minimum absolute atomic E-state index is 0.0558. The molecule has 0 radical (unpaired) electrons. The zero-order valence-electron chi connectivity index (χ0n) is 17.2. The van der Waals surface area contributed by atoms with Crippen molar-refractivity contribution in [3.05, 3.63) is 90.2 Å². The molecule has 0 saturated heterocycles. The van der Waals surface area contributed by atoms with Crippen molar-refractivity contribution in [1.29, 1.82) is 0 Å². The van der Waals surface area contributed by atoms with Crippen LogP contribution in [0.25, 0.3) is 0 Å². The van der Waals surface area contributed by atoms with E-state index in [9.17, 15) is 17.6 Å². The lowest BCUT2D eigenvalue weighted by molar-refractivity contribution is -0.120. The number of anilines is 1. The lowest BCUT2D eigenvalue weighted by Gasteiger charge is -2.26. The molecule has 8 heteroatoms. The van der Waals surface area contributed by atoms with Crippen molar-refractivity contribution in [3.63, 3.8) is 0 Å². The first kappa shape index (κ1) is 22.3. The average Bonchev–Trinajstić information content (AvgIpc) is 2.78. The molecule has 1 unspecified atom stereocenters. The van der Waals surface area contributed by atoms with Crippen molar-refractivity contribution in [2.24, 2.45) is 0 Å². The van der Waals surface area contributed by atoms with Gasteiger partial charge >= 0.3 is 0 Å². The van der Waals surface area contributed by atoms with Crippen LogP contribution in [0.15, 0.2) is 83.8 Å². The molecule has 0 fully saturated rings. The third-order valence-corrected chi connectivity index (χ3v) is 6.49. The van der Waals surface area contributed by atoms with Crippen molar-refractivity contribution >= 4 is 21.6 Å². The number of methoxy groups -OCH3 is 1. The van der Waals surface area contributed by atoms with Crippen molar-refractivity contribution in [1.82, 2.24) is 5.32 Å². The summed E-state index contributed by atoms with van der Waals surface area (Å²) in [7, 11) is -2.61. The highest BCUT2D eigenvalue weighted by Crippen LogP contribution is 2.32. The summed E-state index contributed by atoms with van der Waals surface area (Å²) in [5, 5.41) is 2.77. The third-order valence-electron chi connectivity index (χ3n) is 4.72. The van der Waals surface area contributed by atoms with Gasteiger partial charge in [-0.3, -0.25) is 9.10 Å². The fourth-order valence-corrected chi connectivity index (χ4v) is 4.56. The summed E-state index contributed by atoms with van der Waals surface area (Å²) in [4.78, 5) is 12.9. The molecule has 1 atom stereocenters. The first-order valence-electron chi connectivity index (χ1n) is 9.58. The minimum Gasteiger partial charge on any atom is -0.495 e. The maximum atomic E-state index is 13.4. The fraction of sp³-hybridized carbons (Fsp3) is 0.174. The quantitative estimate of drug-likeness (QED) is 0.574. The van der Waals surface area contributed by atoms with Gasteiger partial charge in [0, 0.05) is 0 Å². The summed E-state index contributed by atoms with van der Waals surface area (Å²) in [6.07, 6.45) is 0. The second kappa shape index (κ2) is 9.61. The van der Waals surface area contributed by atoms with Gasteiger partial charge in [-0.1, -0.05) is 42.5 Å². The number of carbonyl (C=O) groups is 1. The van der Waals surface area contributed by atoms with Gasteiger partial charge in [-0.2, -0.15) is 0 Å². The third kappa shape index (κ3) is 5.21. The van der Waals surface area contributed by atoms with Crippen molar-refractivity contribution in [2.45, 2.75) is 17.9 Å². The molecule has 0 spiro atoms. The topological polar surface area (TPSA) is 75.7 Å². The van der Waals surface area contributed by atoms with Gasteiger partial charge in [0.15, 0.2) is 0 Å². The van der Waals surface area contributed by atoms with Crippen molar-refractivity contribution < 1.29 is 22.3 Å². The standard InChI is InChI=1S/C23H23FN2O4S/c1-17(18-12-14-19(24)15-13-18)25-23(27)16-26(21-10-6-7-11-22(21)30-2)31(28,29)20-8-4-3-5-9-20/h3-15,17H,16H2,1-2H3,(H,25,27). The van der Waals surface area contributed by atoms with Crippen LogP contribution in [0.2, 0.25) is 0 Å². The highest BCUT2D eigenvalue weighted by Gasteiger charge is 2.29. The number of benzene rings is 3. The number of rotatable bonds is 8. The SMILES string of the molecule is COc1ccccc1N(CC(=O)NC(C)c1ccc(F)cc1)S(=O)(=O)c1ccccc1. The summed E-state index contributed by atoms with van der Waals surface area (Å²) >= 11 is 0. The van der Waals surface area contributed by atoms with E-state index in [0.717, 1.165) is 4.31 Å². The molecule has 0 aromatic heterocycles. The second-order valence-corrected chi connectivity index (χ2v) is 8.70. The second-order valence-electron chi connectivity index (χ2n) is 6.84. The first-order chi connectivity index (χ1) is 14.8. The molecule has 6 nitrogen and oxygen atoms in total. The van der Waals surface area contributed by atoms with Crippen LogP contribution in [0.3, 0.4) is 0 Å². The Bertz CT molecular complexity index is 1140. The maximum Gasteiger partial charge on any atom is 0.264 e. The number of carbonyl (C=O) groups excluding carboxylic acids is 1. The molecule has 1 amide bonds. The fourth-order valence-electron chi connectivity index (χ4n) is 3.11. The van der Waals surface area contributed by atoms with Gasteiger partial charge in [0.25, 0.3) is 10.0 Å². The van der Waals surface area contributed by atoms with E-state index in [1.54, 1.807) is 61.5 Å². The van der Waals surface area contributed by atoms with Crippen LogP contribution in [-0.2, 0) is 14.8 Å². The Morgan fingerprint density at radius 2 is 1.61 bits per heavy atom. The zero-order valence-corrected chi connectivity index (χ0v) is 18.0. The Morgan fingerprint density at radius 3 is 2.26 bits per heavy atom. The summed E-state index contributed by atoms with van der Waals surface area (Å²) < 4.78 is 46.3. The Hall–Kier alpha value is -3.39. The summed E-state index contributed by atoms with van der Waals surface area (Å²) in [5.74, 6) is -0.567. The van der Waals surface area contributed by atoms with Crippen LogP contribution in [0.5, 0.6) is 5.75 Å². The Balaban J connectivity index is 1.91. The molecule has 0 heterocycles. The molecule has 3 aromatic carbocycles. The van der Waals surface area contributed by atoms with Gasteiger partial charge in [-0.15, -0.1) is 0 Å². The van der Waals surface area contributed by atoms with E-state index in [4.69, 9.17) is 4.74 Å². The molecule has 0 aliphatic carbocycles. The summed E-state index contributed by atoms with van der Waals surface area (Å²) in [6, 6.07) is 19.8. The molecule has 1 N–H and O–H groups in total. The van der Waals surface area contributed by atoms with Gasteiger partial charge in [0.1, 0.15) is 18.1 Å². The Kier molecular flexibility index (Phi) is 6.91. The molecule has 0 bridgehead atoms. The van der Waals surface area contributed by atoms with Gasteiger partial charge in [-0.25, -0.2) is 12.8 Å². The van der Waals surface area contributed by atoms with Crippen LogP contribution >= 0.6 is 0 Å². The normalized spacial score (nSPS) is 12.1. The molecule has 31 heavy (non-hydrogen) atoms. The molecular weight excluding hydrogens is 419 g/mol. The summed E-state index contributed by atoms with van der Waals surface area (Å²) in [6.45, 7) is 1.29. The Labute approximate surface area is 181 Å². The number of sulfonamides is 1. The highest BCUT2D eigenvalue weighted by atomic mass is 32.2. The van der Waals surface area contributed by atoms with E-state index in [-0.39, 0.29) is 16.4 Å². The lowest BCUT2D eigenvalue weighted by Crippen LogP contribution is -2.41. The number of nitrogens with zero attached hydrogens (tertiary/aromatic N) is 1. The van der Waals surface area contributed by atoms with Gasteiger partial charge in [-0.05, 0) is 48.9 Å². The monoisotopic (exact) mass is 442 g/mol. The lowest BCUT2D eigenvalue weighted by atomic mass is 10.1. The van der Waals surface area contributed by atoms with Crippen LogP contribution in [0.4, 0.5) is 10.1 Å². The number of para-hydroxylation sites is 2. The molecule has 0 aliphatic rings. The molecule has 3 rings (SSSR count). The molecule has 0 saturated carbocycles. The van der Waals surface area contributed by atoms with E-state index in [0.29, 0.717) is 11.3 Å². The zero-order chi connectivity index (χ0) is 22.4. The van der Waals surface area contributed by atoms with Gasteiger partial charge in [0.2, 0.25) is 5.91 Å². The molecular formula is C23H23FN2O4S. The van der Waals surface area contributed by atoms with Crippen LogP contribution in [0.1, 0.15) is 18.5 Å². The molecule has 162 valence electrons. The van der Waals surface area contributed by atoms with Gasteiger partial charge < -0.3 is 10.1 Å². The Morgan fingerprint density at radius 1 is 1.00 bits per heavy atom. The molecule has 0 aliphatic heterocycles. The van der Waals surface area contributed by atoms with Crippen LogP contribution in [-0.4, -0.2) is 28.0 Å². The van der Waals surface area contributed by atoms with E-state index in [2.05, 4.69) is 5.32 Å². The van der Waals surface area contributed by atoms with Crippen molar-refractivity contribution in [3.8, 4) is 5.75 Å². The number of nitrogens with one attached hydrogen (secondary N) is 1. The van der Waals surface area contributed by atoms with Crippen molar-refractivity contribution in [2.75, 3.05) is 18.0 Å². The predicted molar refractivity (Wildman–Crippen MR) is 117 cm³/mol. The van der Waals surface area contributed by atoms with Gasteiger partial charge in [0.05, 0.1) is 23.7 Å². The number of ether oxygens (including phenoxy) is 1. The maximum absolute atomic E-state index is 13.4. The molecule has 3 aromatic rings. The minimum atomic E-state index is -4.04. The average molecular weight is 443 g/mol. The highest BCUT2D eigenvalue weighted by molar-refractivity contribution is 7.92. The number of hydrogen-bond acceptors (Lipinski definition) is 4. The predicted octanol–water partition coefficient (Wildman–Crippen LogP) is 3.91. The largest absolute Gasteiger partial charge is 0.495 e. The number of hydrogen-bond donors (Lipinski definition) is 1. The van der Waals surface area contributed by atoms with E-state index < -0.39 is 28.5 Å². The van der Waals surface area contributed by atoms with E-state index >= 15 is 0 Å². The van der Waals surface area contributed by atoms with Crippen LogP contribution < -0.4 is 14.4 Å². The summed E-state index contributed by atoms with van der Waals surface area (Å²) in [5.41, 5.74) is 0.947. The van der Waals surface area contributed by atoms with E-state index in [1.165, 1.54) is 31.4 Å². The smallest absolute Gasteiger partial charge is 0.264 e. The number of amides is 1. The first-order valence-corrected chi connectivity index (χ1v) is 11.0. The van der Waals surface area contributed by atoms with E-state index in [1.807, 2.05) is 0 Å². The number of halogens is 1. The van der Waals surface area contributed by atoms with Crippen LogP contribution in [0, 0.1) is 5.82 Å².